The van der Waals surface area contributed by atoms with Gasteiger partial charge in [-0.3, -0.25) is 4.79 Å². The number of nitrogens with zero attached hydrogens (tertiary/aromatic N) is 2. The number of carbonyl (C=O) groups is 1. The molecule has 25 heavy (non-hydrogen) atoms. The van der Waals surface area contributed by atoms with Crippen LogP contribution in [0.25, 0.3) is 11.1 Å². The molecule has 2 aromatic carbocycles. The quantitative estimate of drug-likeness (QED) is 0.790. The zero-order valence-corrected chi connectivity index (χ0v) is 13.6. The Bertz CT molecular complexity index is 848. The fourth-order valence-corrected chi connectivity index (χ4v) is 3.09. The number of carbonyl (C=O) groups excluding carboxylic acids is 1. The van der Waals surface area contributed by atoms with E-state index < -0.39 is 12.2 Å². The lowest BCUT2D eigenvalue weighted by Gasteiger charge is -2.23. The van der Waals surface area contributed by atoms with Crippen LogP contribution < -0.4 is 5.32 Å². The number of anilines is 1. The van der Waals surface area contributed by atoms with E-state index in [4.69, 9.17) is 4.42 Å². The number of rotatable bonds is 4. The molecule has 4 rings (SSSR count). The summed E-state index contributed by atoms with van der Waals surface area (Å²) in [6.45, 7) is 0.565. The van der Waals surface area contributed by atoms with Crippen LogP contribution in [0.3, 0.4) is 0 Å². The van der Waals surface area contributed by atoms with E-state index in [0.29, 0.717) is 24.1 Å². The minimum Gasteiger partial charge on any atom is -0.424 e. The largest absolute Gasteiger partial charge is 0.424 e. The Morgan fingerprint density at radius 2 is 1.96 bits per heavy atom. The number of halogens is 1. The van der Waals surface area contributed by atoms with E-state index in [0.717, 1.165) is 5.56 Å². The van der Waals surface area contributed by atoms with Crippen molar-refractivity contribution >= 4 is 23.0 Å². The summed E-state index contributed by atoms with van der Waals surface area (Å²) in [5, 5.41) is 3.08. The van der Waals surface area contributed by atoms with Crippen molar-refractivity contribution in [1.82, 2.24) is 9.88 Å². The van der Waals surface area contributed by atoms with Gasteiger partial charge in [0.15, 0.2) is 5.58 Å². The highest BCUT2D eigenvalue weighted by Gasteiger charge is 2.32. The first-order valence-electron chi connectivity index (χ1n) is 8.30. The maximum Gasteiger partial charge on any atom is 0.296 e. The molecule has 5 nitrogen and oxygen atoms in total. The van der Waals surface area contributed by atoms with E-state index in [1.54, 1.807) is 4.90 Å². The molecular weight excluding hydrogens is 321 g/mol. The van der Waals surface area contributed by atoms with Gasteiger partial charge in [0, 0.05) is 6.54 Å². The van der Waals surface area contributed by atoms with Crippen molar-refractivity contribution < 1.29 is 13.6 Å². The van der Waals surface area contributed by atoms with E-state index in [2.05, 4.69) is 10.3 Å². The zero-order chi connectivity index (χ0) is 17.2. The minimum absolute atomic E-state index is 0.136. The van der Waals surface area contributed by atoms with Crippen molar-refractivity contribution in [3.63, 3.8) is 0 Å². The van der Waals surface area contributed by atoms with Crippen LogP contribution in [0.4, 0.5) is 10.4 Å². The monoisotopic (exact) mass is 339 g/mol. The van der Waals surface area contributed by atoms with Crippen LogP contribution in [0.1, 0.15) is 18.0 Å². The molecule has 0 bridgehead atoms. The molecule has 1 aliphatic rings. The van der Waals surface area contributed by atoms with Crippen LogP contribution in [0.15, 0.2) is 59.0 Å². The molecule has 128 valence electrons. The molecule has 0 saturated carbocycles. The number of para-hydroxylation sites is 2. The van der Waals surface area contributed by atoms with Crippen LogP contribution in [-0.4, -0.2) is 35.1 Å². The topological polar surface area (TPSA) is 58.4 Å². The molecule has 3 aromatic rings. The van der Waals surface area contributed by atoms with Crippen LogP contribution in [0, 0.1) is 0 Å². The Labute approximate surface area is 144 Å². The molecule has 0 aliphatic carbocycles. The van der Waals surface area contributed by atoms with Gasteiger partial charge < -0.3 is 14.6 Å². The predicted molar refractivity (Wildman–Crippen MR) is 92.9 cm³/mol. The van der Waals surface area contributed by atoms with Crippen molar-refractivity contribution in [2.75, 3.05) is 18.4 Å². The summed E-state index contributed by atoms with van der Waals surface area (Å²) >= 11 is 0. The molecule has 1 fully saturated rings. The van der Waals surface area contributed by atoms with Crippen molar-refractivity contribution in [2.45, 2.75) is 18.6 Å². The second-order valence-electron chi connectivity index (χ2n) is 6.14. The average molecular weight is 339 g/mol. The number of aromatic nitrogens is 1. The predicted octanol–water partition coefficient (Wildman–Crippen LogP) is 3.55. The van der Waals surface area contributed by atoms with Crippen molar-refractivity contribution in [2.24, 2.45) is 0 Å². The van der Waals surface area contributed by atoms with Gasteiger partial charge in [-0.05, 0) is 24.1 Å². The molecule has 2 atom stereocenters. The van der Waals surface area contributed by atoms with Gasteiger partial charge in [0.2, 0.25) is 5.91 Å². The van der Waals surface area contributed by atoms with Gasteiger partial charge in [-0.15, -0.1) is 0 Å². The van der Waals surface area contributed by atoms with Gasteiger partial charge in [-0.25, -0.2) is 4.39 Å². The number of amides is 1. The highest BCUT2D eigenvalue weighted by molar-refractivity contribution is 5.86. The molecule has 2 unspecified atom stereocenters. The molecular formula is C19H18FN3O2. The zero-order valence-electron chi connectivity index (χ0n) is 13.6. The lowest BCUT2D eigenvalue weighted by molar-refractivity contribution is -0.131. The molecule has 2 heterocycles. The Morgan fingerprint density at radius 3 is 2.68 bits per heavy atom. The van der Waals surface area contributed by atoms with E-state index in [9.17, 15) is 9.18 Å². The molecule has 6 heteroatoms. The molecule has 0 spiro atoms. The summed E-state index contributed by atoms with van der Waals surface area (Å²) in [5.41, 5.74) is 2.15. The van der Waals surface area contributed by atoms with Gasteiger partial charge in [-0.2, -0.15) is 4.98 Å². The number of fused-ring (bicyclic) bond motifs is 1. The van der Waals surface area contributed by atoms with Gasteiger partial charge >= 0.3 is 0 Å². The fourth-order valence-electron chi connectivity index (χ4n) is 3.09. The second kappa shape index (κ2) is 6.55. The highest BCUT2D eigenvalue weighted by Crippen LogP contribution is 2.26. The fraction of sp³-hybridized carbons (Fsp3) is 0.263. The minimum atomic E-state index is -0.954. The Kier molecular flexibility index (Phi) is 4.09. The van der Waals surface area contributed by atoms with Gasteiger partial charge in [0.1, 0.15) is 17.7 Å². The Hall–Kier alpha value is -2.89. The first-order chi connectivity index (χ1) is 12.2. The molecule has 1 saturated heterocycles. The summed E-state index contributed by atoms with van der Waals surface area (Å²) in [4.78, 5) is 18.9. The van der Waals surface area contributed by atoms with E-state index >= 15 is 0 Å². The Balaban J connectivity index is 1.64. The number of alkyl halides is 1. The van der Waals surface area contributed by atoms with Crippen molar-refractivity contribution in [3.8, 4) is 0 Å². The SMILES string of the molecule is O=C(C(Nc1nc2ccccc2o1)c1ccccc1)N1CCC(F)C1. The maximum absolute atomic E-state index is 13.5. The summed E-state index contributed by atoms with van der Waals surface area (Å²) < 4.78 is 19.2. The van der Waals surface area contributed by atoms with Gasteiger partial charge in [0.25, 0.3) is 6.01 Å². The number of hydrogen-bond donors (Lipinski definition) is 1. The number of benzene rings is 2. The molecule has 1 aliphatic heterocycles. The van der Waals surface area contributed by atoms with Crippen LogP contribution in [-0.2, 0) is 4.79 Å². The van der Waals surface area contributed by atoms with Crippen molar-refractivity contribution in [3.05, 3.63) is 60.2 Å². The second-order valence-corrected chi connectivity index (χ2v) is 6.14. The van der Waals surface area contributed by atoms with Crippen LogP contribution >= 0.6 is 0 Å². The smallest absolute Gasteiger partial charge is 0.296 e. The third-order valence-corrected chi connectivity index (χ3v) is 4.38. The molecule has 1 amide bonds. The average Bonchev–Trinajstić information content (AvgIpc) is 3.25. The summed E-state index contributed by atoms with van der Waals surface area (Å²) in [7, 11) is 0. The van der Waals surface area contributed by atoms with E-state index in [1.165, 1.54) is 0 Å². The lowest BCUT2D eigenvalue weighted by Crippen LogP contribution is -2.36. The first-order valence-corrected chi connectivity index (χ1v) is 8.30. The molecule has 0 radical (unpaired) electrons. The van der Waals surface area contributed by atoms with Gasteiger partial charge in [-0.1, -0.05) is 42.5 Å². The standard InChI is InChI=1S/C19H18FN3O2/c20-14-10-11-23(12-14)18(24)17(13-6-2-1-3-7-13)22-19-21-15-8-4-5-9-16(15)25-19/h1-9,14,17H,10-12H2,(H,21,22). The summed E-state index contributed by atoms with van der Waals surface area (Å²) in [5.74, 6) is -0.173. The Morgan fingerprint density at radius 1 is 1.20 bits per heavy atom. The first kappa shape index (κ1) is 15.6. The van der Waals surface area contributed by atoms with E-state index in [-0.39, 0.29) is 18.5 Å². The van der Waals surface area contributed by atoms with Crippen LogP contribution in [0.2, 0.25) is 0 Å². The normalized spacial score (nSPS) is 18.4. The summed E-state index contributed by atoms with van der Waals surface area (Å²) in [6, 6.07) is 16.4. The lowest BCUT2D eigenvalue weighted by atomic mass is 10.1. The van der Waals surface area contributed by atoms with Crippen LogP contribution in [0.5, 0.6) is 0 Å². The van der Waals surface area contributed by atoms with Crippen molar-refractivity contribution in [1.29, 1.82) is 0 Å². The summed E-state index contributed by atoms with van der Waals surface area (Å²) in [6.07, 6.45) is -0.569. The number of oxazole rings is 1. The highest BCUT2D eigenvalue weighted by atomic mass is 19.1. The number of nitrogens with one attached hydrogen (secondary N) is 1. The molecule has 1 aromatic heterocycles. The number of hydrogen-bond acceptors (Lipinski definition) is 4. The number of likely N-dealkylation sites (tertiary alicyclic amines) is 1. The maximum atomic E-state index is 13.5. The third kappa shape index (κ3) is 3.20. The van der Waals surface area contributed by atoms with E-state index in [1.807, 2.05) is 54.6 Å². The third-order valence-electron chi connectivity index (χ3n) is 4.38. The van der Waals surface area contributed by atoms with Gasteiger partial charge in [0.05, 0.1) is 6.54 Å². The molecule has 1 N–H and O–H groups in total.